The van der Waals surface area contributed by atoms with Gasteiger partial charge in [0.15, 0.2) is 0 Å². The van der Waals surface area contributed by atoms with Crippen LogP contribution < -0.4 is 10.6 Å². The molecule has 0 bridgehead atoms. The van der Waals surface area contributed by atoms with Gasteiger partial charge in [0.1, 0.15) is 6.04 Å². The van der Waals surface area contributed by atoms with E-state index < -0.39 is 18.0 Å². The van der Waals surface area contributed by atoms with Crippen LogP contribution in [0.4, 0.5) is 4.79 Å². The first kappa shape index (κ1) is 17.4. The van der Waals surface area contributed by atoms with Gasteiger partial charge in [-0.05, 0) is 25.3 Å². The SMILES string of the molecule is COC(=O)[C@H]1CCCCN1CC(=O)NC(=O)NCC(C)C. The molecule has 0 spiro atoms. The van der Waals surface area contributed by atoms with Crippen molar-refractivity contribution in [2.45, 2.75) is 39.2 Å². The molecule has 0 radical (unpaired) electrons. The highest BCUT2D eigenvalue weighted by atomic mass is 16.5. The lowest BCUT2D eigenvalue weighted by atomic mass is 10.0. The van der Waals surface area contributed by atoms with Crippen molar-refractivity contribution in [3.8, 4) is 0 Å². The Morgan fingerprint density at radius 3 is 2.62 bits per heavy atom. The Bertz CT molecular complexity index is 384. The fourth-order valence-electron chi connectivity index (χ4n) is 2.27. The highest BCUT2D eigenvalue weighted by molar-refractivity contribution is 5.95. The number of esters is 1. The number of nitrogens with zero attached hydrogens (tertiary/aromatic N) is 1. The maximum atomic E-state index is 11.9. The van der Waals surface area contributed by atoms with Gasteiger partial charge < -0.3 is 10.1 Å². The fourth-order valence-corrected chi connectivity index (χ4v) is 2.27. The third-order valence-corrected chi connectivity index (χ3v) is 3.36. The van der Waals surface area contributed by atoms with Crippen LogP contribution in [0.1, 0.15) is 33.1 Å². The summed E-state index contributed by atoms with van der Waals surface area (Å²) in [6, 6.07) is -0.895. The minimum Gasteiger partial charge on any atom is -0.468 e. The van der Waals surface area contributed by atoms with Crippen LogP contribution in [0.15, 0.2) is 0 Å². The fraction of sp³-hybridized carbons (Fsp3) is 0.786. The molecule has 120 valence electrons. The molecule has 1 heterocycles. The number of ether oxygens (including phenoxy) is 1. The quantitative estimate of drug-likeness (QED) is 0.722. The van der Waals surface area contributed by atoms with Crippen LogP contribution in [0.5, 0.6) is 0 Å². The summed E-state index contributed by atoms with van der Waals surface area (Å²) in [6.45, 7) is 5.12. The molecule has 1 aliphatic heterocycles. The van der Waals surface area contributed by atoms with E-state index in [1.807, 2.05) is 13.8 Å². The molecule has 1 fully saturated rings. The van der Waals surface area contributed by atoms with E-state index in [4.69, 9.17) is 4.74 Å². The van der Waals surface area contributed by atoms with E-state index in [1.165, 1.54) is 7.11 Å². The Balaban J connectivity index is 2.44. The number of nitrogens with one attached hydrogen (secondary N) is 2. The van der Waals surface area contributed by atoms with Crippen molar-refractivity contribution in [1.29, 1.82) is 0 Å². The maximum Gasteiger partial charge on any atom is 0.323 e. The zero-order chi connectivity index (χ0) is 15.8. The summed E-state index contributed by atoms with van der Waals surface area (Å²) in [4.78, 5) is 36.8. The predicted octanol–water partition coefficient (Wildman–Crippen LogP) is 0.496. The standard InChI is InChI=1S/C14H25N3O4/c1-10(2)8-15-14(20)16-12(18)9-17-7-5-4-6-11(17)13(19)21-3/h10-11H,4-9H2,1-3H3,(H2,15,16,18,20)/t11-/m1/s1. The molecule has 3 amide bonds. The van der Waals surface area contributed by atoms with Gasteiger partial charge in [-0.1, -0.05) is 20.3 Å². The van der Waals surface area contributed by atoms with Crippen molar-refractivity contribution < 1.29 is 19.1 Å². The highest BCUT2D eigenvalue weighted by Crippen LogP contribution is 2.17. The van der Waals surface area contributed by atoms with Gasteiger partial charge in [-0.25, -0.2) is 4.79 Å². The van der Waals surface area contributed by atoms with E-state index >= 15 is 0 Å². The Labute approximate surface area is 125 Å². The largest absolute Gasteiger partial charge is 0.468 e. The number of amides is 3. The number of hydrogen-bond acceptors (Lipinski definition) is 5. The van der Waals surface area contributed by atoms with Gasteiger partial charge in [0.2, 0.25) is 5.91 Å². The minimum atomic E-state index is -0.500. The molecular formula is C14H25N3O4. The van der Waals surface area contributed by atoms with Gasteiger partial charge in [-0.15, -0.1) is 0 Å². The predicted molar refractivity (Wildman–Crippen MR) is 77.6 cm³/mol. The molecule has 7 nitrogen and oxygen atoms in total. The van der Waals surface area contributed by atoms with Crippen molar-refractivity contribution >= 4 is 17.9 Å². The number of imide groups is 1. The first-order chi connectivity index (χ1) is 9.93. The van der Waals surface area contributed by atoms with E-state index in [9.17, 15) is 14.4 Å². The molecule has 1 atom stereocenters. The lowest BCUT2D eigenvalue weighted by Crippen LogP contribution is -2.51. The topological polar surface area (TPSA) is 87.7 Å². The lowest BCUT2D eigenvalue weighted by molar-refractivity contribution is -0.148. The Hall–Kier alpha value is -1.63. The smallest absolute Gasteiger partial charge is 0.323 e. The number of likely N-dealkylation sites (tertiary alicyclic amines) is 1. The van der Waals surface area contributed by atoms with Gasteiger partial charge in [0.05, 0.1) is 13.7 Å². The molecule has 0 aromatic rings. The monoisotopic (exact) mass is 299 g/mol. The molecule has 1 saturated heterocycles. The summed E-state index contributed by atoms with van der Waals surface area (Å²) < 4.78 is 4.76. The Morgan fingerprint density at radius 2 is 2.00 bits per heavy atom. The first-order valence-electron chi connectivity index (χ1n) is 7.33. The molecule has 21 heavy (non-hydrogen) atoms. The van der Waals surface area contributed by atoms with E-state index in [2.05, 4.69) is 10.6 Å². The summed E-state index contributed by atoms with van der Waals surface area (Å²) in [5.74, 6) is -0.421. The van der Waals surface area contributed by atoms with Crippen LogP contribution in [-0.2, 0) is 14.3 Å². The summed E-state index contributed by atoms with van der Waals surface area (Å²) in [5, 5.41) is 4.89. The molecule has 0 unspecified atom stereocenters. The molecule has 1 aliphatic rings. The number of carbonyl (C=O) groups is 3. The second-order valence-corrected chi connectivity index (χ2v) is 5.66. The van der Waals surface area contributed by atoms with Crippen molar-refractivity contribution in [1.82, 2.24) is 15.5 Å². The number of carbonyl (C=O) groups excluding carboxylic acids is 3. The molecule has 0 aliphatic carbocycles. The molecule has 0 aromatic carbocycles. The van der Waals surface area contributed by atoms with E-state index in [0.29, 0.717) is 25.4 Å². The normalized spacial score (nSPS) is 19.1. The number of piperidine rings is 1. The summed E-state index contributed by atoms with van der Waals surface area (Å²) in [5.41, 5.74) is 0. The summed E-state index contributed by atoms with van der Waals surface area (Å²) in [6.07, 6.45) is 2.55. The van der Waals surface area contributed by atoms with Crippen LogP contribution in [0, 0.1) is 5.92 Å². The number of rotatable bonds is 5. The summed E-state index contributed by atoms with van der Waals surface area (Å²) >= 11 is 0. The first-order valence-corrected chi connectivity index (χ1v) is 7.33. The second kappa shape index (κ2) is 8.61. The molecular weight excluding hydrogens is 274 g/mol. The molecule has 0 saturated carbocycles. The Kier molecular flexibility index (Phi) is 7.14. The zero-order valence-electron chi connectivity index (χ0n) is 13.0. The van der Waals surface area contributed by atoms with Gasteiger partial charge in [-0.3, -0.25) is 19.8 Å². The van der Waals surface area contributed by atoms with Crippen molar-refractivity contribution in [2.24, 2.45) is 5.92 Å². The minimum absolute atomic E-state index is 0.0227. The molecule has 1 rings (SSSR count). The third kappa shape index (κ3) is 6.12. The van der Waals surface area contributed by atoms with Crippen LogP contribution in [0.3, 0.4) is 0 Å². The third-order valence-electron chi connectivity index (χ3n) is 3.36. The molecule has 0 aromatic heterocycles. The van der Waals surface area contributed by atoms with E-state index in [0.717, 1.165) is 12.8 Å². The molecule has 7 heteroatoms. The maximum absolute atomic E-state index is 11.9. The van der Waals surface area contributed by atoms with Gasteiger partial charge in [0, 0.05) is 6.54 Å². The number of methoxy groups -OCH3 is 1. The van der Waals surface area contributed by atoms with Crippen molar-refractivity contribution in [3.05, 3.63) is 0 Å². The van der Waals surface area contributed by atoms with Crippen LogP contribution >= 0.6 is 0 Å². The average Bonchev–Trinajstić information content (AvgIpc) is 2.44. The van der Waals surface area contributed by atoms with Crippen molar-refractivity contribution in [3.63, 3.8) is 0 Å². The highest BCUT2D eigenvalue weighted by Gasteiger charge is 2.30. The van der Waals surface area contributed by atoms with Gasteiger partial charge >= 0.3 is 12.0 Å². The number of urea groups is 1. The number of hydrogen-bond donors (Lipinski definition) is 2. The van der Waals surface area contributed by atoms with Gasteiger partial charge in [0.25, 0.3) is 0 Å². The average molecular weight is 299 g/mol. The van der Waals surface area contributed by atoms with Crippen molar-refractivity contribution in [2.75, 3.05) is 26.7 Å². The summed E-state index contributed by atoms with van der Waals surface area (Å²) in [7, 11) is 1.34. The van der Waals surface area contributed by atoms with Gasteiger partial charge in [-0.2, -0.15) is 0 Å². The van der Waals surface area contributed by atoms with Crippen LogP contribution in [0.25, 0.3) is 0 Å². The Morgan fingerprint density at radius 1 is 1.29 bits per heavy atom. The van der Waals surface area contributed by atoms with Crippen LogP contribution in [0.2, 0.25) is 0 Å². The zero-order valence-corrected chi connectivity index (χ0v) is 13.0. The second-order valence-electron chi connectivity index (χ2n) is 5.66. The van der Waals surface area contributed by atoms with Crippen LogP contribution in [-0.4, -0.2) is 55.6 Å². The lowest BCUT2D eigenvalue weighted by Gasteiger charge is -2.32. The van der Waals surface area contributed by atoms with E-state index in [-0.39, 0.29) is 12.5 Å². The van der Waals surface area contributed by atoms with E-state index in [1.54, 1.807) is 4.90 Å². The molecule has 2 N–H and O–H groups in total.